The molecule has 0 radical (unpaired) electrons. The summed E-state index contributed by atoms with van der Waals surface area (Å²) >= 11 is 0. The van der Waals surface area contributed by atoms with Crippen molar-refractivity contribution in [1.29, 1.82) is 0 Å². The first-order valence-electron chi connectivity index (χ1n) is 9.34. The maximum Gasteiger partial charge on any atom is 0.323 e. The number of aliphatic hydroxyl groups is 1. The Hall–Kier alpha value is -0.820. The number of carbonyl (C=O) groups excluding carboxylic acids is 1. The number of unbranched alkanes of at least 4 members (excludes halogenated alkanes) is 2. The van der Waals surface area contributed by atoms with E-state index in [0.717, 1.165) is 0 Å². The van der Waals surface area contributed by atoms with E-state index in [4.69, 9.17) is 9.84 Å². The Labute approximate surface area is 155 Å². The van der Waals surface area contributed by atoms with Crippen molar-refractivity contribution in [2.75, 3.05) is 26.6 Å². The molecule has 0 fully saturated rings. The first-order chi connectivity index (χ1) is 12.1. The molecule has 2 N–H and O–H groups in total. The summed E-state index contributed by atoms with van der Waals surface area (Å²) in [5, 5.41) is 11.9. The number of nitrogens with one attached hydrogen (secondary N) is 1. The predicted molar refractivity (Wildman–Crippen MR) is 97.3 cm³/mol. The van der Waals surface area contributed by atoms with Gasteiger partial charge in [0.2, 0.25) is 0 Å². The van der Waals surface area contributed by atoms with Gasteiger partial charge in [-0.1, -0.05) is 26.7 Å². The number of ether oxygens (including phenoxy) is 1. The van der Waals surface area contributed by atoms with Crippen molar-refractivity contribution in [3.05, 3.63) is 0 Å². The maximum atomic E-state index is 13.6. The SMILES string of the molecule is CC(C)[C@H](NC(CCCCCO)C(CF)(CF)CF)C(=O)OC(C)(C)C. The van der Waals surface area contributed by atoms with Gasteiger partial charge in [-0.3, -0.25) is 18.0 Å². The van der Waals surface area contributed by atoms with E-state index in [2.05, 4.69) is 5.32 Å². The average molecular weight is 383 g/mol. The first kappa shape index (κ1) is 25.2. The van der Waals surface area contributed by atoms with Crippen LogP contribution in [0.25, 0.3) is 0 Å². The third-order valence-corrected chi connectivity index (χ3v) is 4.40. The van der Waals surface area contributed by atoms with Gasteiger partial charge in [-0.25, -0.2) is 0 Å². The summed E-state index contributed by atoms with van der Waals surface area (Å²) in [6.45, 7) is 5.38. The molecular weight excluding hydrogens is 347 g/mol. The van der Waals surface area contributed by atoms with Crippen LogP contribution in [0, 0.1) is 11.3 Å². The first-order valence-corrected chi connectivity index (χ1v) is 9.34. The van der Waals surface area contributed by atoms with Crippen molar-refractivity contribution in [3.63, 3.8) is 0 Å². The summed E-state index contributed by atoms with van der Waals surface area (Å²) in [4.78, 5) is 12.5. The van der Waals surface area contributed by atoms with Crippen molar-refractivity contribution in [1.82, 2.24) is 5.32 Å². The van der Waals surface area contributed by atoms with E-state index in [9.17, 15) is 18.0 Å². The molecule has 0 saturated carbocycles. The predicted octanol–water partition coefficient (Wildman–Crippen LogP) is 3.76. The molecule has 4 nitrogen and oxygen atoms in total. The van der Waals surface area contributed by atoms with Gasteiger partial charge in [0.25, 0.3) is 0 Å². The van der Waals surface area contributed by atoms with E-state index in [1.165, 1.54) is 0 Å². The Morgan fingerprint density at radius 3 is 1.96 bits per heavy atom. The van der Waals surface area contributed by atoms with Gasteiger partial charge in [0.05, 0.1) is 5.41 Å². The quantitative estimate of drug-likeness (QED) is 0.376. The van der Waals surface area contributed by atoms with Gasteiger partial charge in [0.15, 0.2) is 0 Å². The number of hydrogen-bond acceptors (Lipinski definition) is 4. The molecule has 0 aliphatic heterocycles. The van der Waals surface area contributed by atoms with Gasteiger partial charge in [-0.2, -0.15) is 0 Å². The molecule has 0 aliphatic rings. The van der Waals surface area contributed by atoms with E-state index in [0.29, 0.717) is 25.7 Å². The minimum atomic E-state index is -1.81. The van der Waals surface area contributed by atoms with Crippen molar-refractivity contribution >= 4 is 5.97 Å². The molecule has 0 amide bonds. The second-order valence-corrected chi connectivity index (χ2v) is 8.31. The summed E-state index contributed by atoms with van der Waals surface area (Å²) in [5.41, 5.74) is -2.51. The Morgan fingerprint density at radius 2 is 1.58 bits per heavy atom. The fraction of sp³-hybridized carbons (Fsp3) is 0.947. The van der Waals surface area contributed by atoms with Crippen LogP contribution < -0.4 is 5.32 Å². The van der Waals surface area contributed by atoms with Crippen LogP contribution in [0.5, 0.6) is 0 Å². The maximum absolute atomic E-state index is 13.6. The lowest BCUT2D eigenvalue weighted by Gasteiger charge is -2.38. The highest BCUT2D eigenvalue weighted by atomic mass is 19.1. The molecule has 0 saturated heterocycles. The highest BCUT2D eigenvalue weighted by molar-refractivity contribution is 5.76. The molecule has 0 rings (SSSR count). The molecule has 0 heterocycles. The van der Waals surface area contributed by atoms with Crippen LogP contribution in [0.1, 0.15) is 60.3 Å². The Balaban J connectivity index is 5.39. The van der Waals surface area contributed by atoms with Crippen LogP contribution >= 0.6 is 0 Å². The van der Waals surface area contributed by atoms with Crippen LogP contribution in [0.3, 0.4) is 0 Å². The van der Waals surface area contributed by atoms with Crippen molar-refractivity contribution < 1.29 is 27.8 Å². The summed E-state index contributed by atoms with van der Waals surface area (Å²) < 4.78 is 46.2. The zero-order chi connectivity index (χ0) is 20.4. The van der Waals surface area contributed by atoms with E-state index in [1.54, 1.807) is 34.6 Å². The van der Waals surface area contributed by atoms with E-state index >= 15 is 0 Å². The minimum Gasteiger partial charge on any atom is -0.459 e. The molecule has 0 aromatic heterocycles. The smallest absolute Gasteiger partial charge is 0.323 e. The summed E-state index contributed by atoms with van der Waals surface area (Å²) in [7, 11) is 0. The Bertz CT molecular complexity index is 388. The fourth-order valence-corrected chi connectivity index (χ4v) is 2.70. The fourth-order valence-electron chi connectivity index (χ4n) is 2.70. The molecule has 7 heteroatoms. The van der Waals surface area contributed by atoms with Crippen molar-refractivity contribution in [3.8, 4) is 0 Å². The standard InChI is InChI=1S/C19H36F3NO3/c1-14(2)16(17(25)26-18(3,4)5)23-15(9-7-6-8-10-24)19(11-20,12-21)13-22/h14-16,23-24H,6-13H2,1-5H3/t15?,16-/m0/s1. The van der Waals surface area contributed by atoms with Gasteiger partial charge < -0.3 is 15.2 Å². The molecule has 0 bridgehead atoms. The number of rotatable bonds is 13. The van der Waals surface area contributed by atoms with Gasteiger partial charge in [-0.15, -0.1) is 0 Å². The third-order valence-electron chi connectivity index (χ3n) is 4.40. The number of esters is 1. The van der Waals surface area contributed by atoms with Gasteiger partial charge >= 0.3 is 5.97 Å². The largest absolute Gasteiger partial charge is 0.459 e. The van der Waals surface area contributed by atoms with Gasteiger partial charge in [0.1, 0.15) is 31.7 Å². The third kappa shape index (κ3) is 8.25. The van der Waals surface area contributed by atoms with E-state index in [1.807, 2.05) is 0 Å². The Kier molecular flexibility index (Phi) is 11.4. The van der Waals surface area contributed by atoms with Crippen LogP contribution in [0.2, 0.25) is 0 Å². The molecule has 1 unspecified atom stereocenters. The molecular formula is C19H36F3NO3. The number of halogens is 3. The molecule has 0 spiro atoms. The second kappa shape index (κ2) is 11.8. The van der Waals surface area contributed by atoms with Crippen LogP contribution in [0.15, 0.2) is 0 Å². The van der Waals surface area contributed by atoms with Crippen molar-refractivity contribution in [2.24, 2.45) is 11.3 Å². The number of hydrogen-bond donors (Lipinski definition) is 2. The lowest BCUT2D eigenvalue weighted by atomic mass is 9.80. The zero-order valence-corrected chi connectivity index (χ0v) is 16.8. The highest BCUT2D eigenvalue weighted by Gasteiger charge is 2.42. The van der Waals surface area contributed by atoms with Crippen LogP contribution in [-0.2, 0) is 9.53 Å². The zero-order valence-electron chi connectivity index (χ0n) is 16.8. The number of aliphatic hydroxyl groups excluding tert-OH is 1. The van der Waals surface area contributed by atoms with E-state index in [-0.39, 0.29) is 12.5 Å². The molecule has 0 aromatic carbocycles. The van der Waals surface area contributed by atoms with Crippen LogP contribution in [0.4, 0.5) is 13.2 Å². The lowest BCUT2D eigenvalue weighted by Crippen LogP contribution is -2.57. The molecule has 0 aromatic rings. The summed E-state index contributed by atoms with van der Waals surface area (Å²) in [5.74, 6) is -0.709. The molecule has 156 valence electrons. The normalized spacial score (nSPS) is 15.2. The monoisotopic (exact) mass is 383 g/mol. The lowest BCUT2D eigenvalue weighted by molar-refractivity contribution is -0.159. The number of alkyl halides is 3. The second-order valence-electron chi connectivity index (χ2n) is 8.31. The molecule has 0 aliphatic carbocycles. The summed E-state index contributed by atoms with van der Waals surface area (Å²) in [6, 6.07) is -1.64. The van der Waals surface area contributed by atoms with Gasteiger partial charge in [-0.05, 0) is 39.5 Å². The van der Waals surface area contributed by atoms with Crippen molar-refractivity contribution in [2.45, 2.75) is 78.0 Å². The van der Waals surface area contributed by atoms with Gasteiger partial charge in [0, 0.05) is 12.6 Å². The topological polar surface area (TPSA) is 58.6 Å². The highest BCUT2D eigenvalue weighted by Crippen LogP contribution is 2.30. The number of carbonyl (C=O) groups is 1. The van der Waals surface area contributed by atoms with Crippen LogP contribution in [-0.4, -0.2) is 55.4 Å². The average Bonchev–Trinajstić information content (AvgIpc) is 2.55. The van der Waals surface area contributed by atoms with E-state index < -0.39 is 49.1 Å². The Morgan fingerprint density at radius 1 is 1.04 bits per heavy atom. The molecule has 2 atom stereocenters. The minimum absolute atomic E-state index is 0.0328. The summed E-state index contributed by atoms with van der Waals surface area (Å²) in [6.07, 6.45) is 2.11. The molecule has 26 heavy (non-hydrogen) atoms.